The highest BCUT2D eigenvalue weighted by molar-refractivity contribution is 6.12. The molecule has 1 aliphatic rings. The van der Waals surface area contributed by atoms with Crippen molar-refractivity contribution in [1.29, 1.82) is 0 Å². The zero-order chi connectivity index (χ0) is 39.2. The number of benzene rings is 8. The summed E-state index contributed by atoms with van der Waals surface area (Å²) in [5, 5.41) is 4.66. The highest BCUT2D eigenvalue weighted by Crippen LogP contribution is 2.51. The summed E-state index contributed by atoms with van der Waals surface area (Å²) in [6.45, 7) is 4.70. The minimum Gasteiger partial charge on any atom is -0.456 e. The van der Waals surface area contributed by atoms with Gasteiger partial charge in [0.2, 0.25) is 0 Å². The molecule has 8 aromatic carbocycles. The van der Waals surface area contributed by atoms with Crippen molar-refractivity contribution in [2.45, 2.75) is 19.3 Å². The summed E-state index contributed by atoms with van der Waals surface area (Å²) in [5.41, 5.74) is 15.6. The molecule has 0 amide bonds. The summed E-state index contributed by atoms with van der Waals surface area (Å²) < 4.78 is 8.90. The highest BCUT2D eigenvalue weighted by Gasteiger charge is 2.36. The van der Waals surface area contributed by atoms with Crippen LogP contribution in [0.5, 0.6) is 0 Å². The van der Waals surface area contributed by atoms with Crippen LogP contribution in [0.25, 0.3) is 106 Å². The summed E-state index contributed by atoms with van der Waals surface area (Å²) in [7, 11) is 0. The smallest absolute Gasteiger partial charge is 0.164 e. The molecule has 0 aliphatic heterocycles. The lowest BCUT2D eigenvalue weighted by Gasteiger charge is -2.21. The van der Waals surface area contributed by atoms with Crippen molar-refractivity contribution in [3.63, 3.8) is 0 Å². The van der Waals surface area contributed by atoms with Gasteiger partial charge in [-0.15, -0.1) is 0 Å². The van der Waals surface area contributed by atoms with E-state index in [4.69, 9.17) is 19.4 Å². The zero-order valence-corrected chi connectivity index (χ0v) is 32.5. The molecule has 0 bridgehead atoms. The topological polar surface area (TPSA) is 56.7 Å². The number of furan rings is 1. The van der Waals surface area contributed by atoms with Gasteiger partial charge in [-0.25, -0.2) is 15.0 Å². The number of para-hydroxylation sites is 1. The molecule has 0 unspecified atom stereocenters. The maximum absolute atomic E-state index is 6.48. The van der Waals surface area contributed by atoms with Crippen molar-refractivity contribution >= 4 is 43.7 Å². The van der Waals surface area contributed by atoms with Crippen LogP contribution in [0.15, 0.2) is 186 Å². The van der Waals surface area contributed by atoms with Crippen molar-refractivity contribution in [1.82, 2.24) is 19.5 Å². The van der Waals surface area contributed by atoms with Gasteiger partial charge >= 0.3 is 0 Å². The second-order valence-corrected chi connectivity index (χ2v) is 16.0. The number of nitrogens with zero attached hydrogens (tertiary/aromatic N) is 4. The normalized spacial score (nSPS) is 13.1. The Bertz CT molecular complexity index is 3390. The van der Waals surface area contributed by atoms with Crippen LogP contribution in [0.2, 0.25) is 0 Å². The Kier molecular flexibility index (Phi) is 7.20. The van der Waals surface area contributed by atoms with Gasteiger partial charge in [0.05, 0.1) is 11.0 Å². The molecule has 3 aromatic heterocycles. The van der Waals surface area contributed by atoms with Gasteiger partial charge in [0.15, 0.2) is 17.5 Å². The van der Waals surface area contributed by atoms with Crippen molar-refractivity contribution in [2.75, 3.05) is 0 Å². The van der Waals surface area contributed by atoms with Crippen molar-refractivity contribution in [2.24, 2.45) is 0 Å². The molecular weight excluding hydrogens is 721 g/mol. The fraction of sp³-hybridized carbons (Fsp3) is 0.0556. The van der Waals surface area contributed by atoms with Crippen molar-refractivity contribution < 1.29 is 4.42 Å². The largest absolute Gasteiger partial charge is 0.456 e. The lowest BCUT2D eigenvalue weighted by Crippen LogP contribution is -2.14. The van der Waals surface area contributed by atoms with E-state index in [1.165, 1.54) is 44.1 Å². The Balaban J connectivity index is 0.920. The van der Waals surface area contributed by atoms with Crippen molar-refractivity contribution in [3.05, 3.63) is 193 Å². The Morgan fingerprint density at radius 1 is 0.390 bits per heavy atom. The maximum atomic E-state index is 6.48. The summed E-state index contributed by atoms with van der Waals surface area (Å²) in [5.74, 6) is 1.86. The van der Waals surface area contributed by atoms with Gasteiger partial charge in [-0.3, -0.25) is 0 Å². The summed E-state index contributed by atoms with van der Waals surface area (Å²) in [6.07, 6.45) is 0. The summed E-state index contributed by atoms with van der Waals surface area (Å²) in [6, 6.07) is 64.3. The van der Waals surface area contributed by atoms with Crippen LogP contribution in [0.4, 0.5) is 0 Å². The van der Waals surface area contributed by atoms with E-state index in [1.54, 1.807) is 0 Å². The van der Waals surface area contributed by atoms with Gasteiger partial charge in [0, 0.05) is 49.3 Å². The predicted molar refractivity (Wildman–Crippen MR) is 241 cm³/mol. The molecule has 0 spiro atoms. The number of fused-ring (bicyclic) bond motifs is 9. The molecule has 59 heavy (non-hydrogen) atoms. The zero-order valence-electron chi connectivity index (χ0n) is 32.5. The van der Waals surface area contributed by atoms with Crippen LogP contribution in [0.1, 0.15) is 25.0 Å². The third kappa shape index (κ3) is 5.21. The first-order valence-corrected chi connectivity index (χ1v) is 20.1. The minimum atomic E-state index is -0.0761. The van der Waals surface area contributed by atoms with E-state index in [1.807, 2.05) is 66.7 Å². The molecule has 11 aromatic rings. The Morgan fingerprint density at radius 3 is 1.76 bits per heavy atom. The molecular formula is C54H36N4O. The van der Waals surface area contributed by atoms with Gasteiger partial charge in [-0.2, -0.15) is 0 Å². The first-order chi connectivity index (χ1) is 29.0. The van der Waals surface area contributed by atoms with Crippen LogP contribution in [-0.4, -0.2) is 19.5 Å². The molecule has 12 rings (SSSR count). The number of aromatic nitrogens is 4. The Morgan fingerprint density at radius 2 is 1.02 bits per heavy atom. The molecule has 1 aliphatic carbocycles. The average molecular weight is 757 g/mol. The average Bonchev–Trinajstić information content (AvgIpc) is 3.90. The minimum absolute atomic E-state index is 0.0761. The van der Waals surface area contributed by atoms with E-state index in [9.17, 15) is 0 Å². The monoisotopic (exact) mass is 756 g/mol. The number of hydrogen-bond donors (Lipinski definition) is 0. The van der Waals surface area contributed by atoms with E-state index in [0.29, 0.717) is 17.5 Å². The van der Waals surface area contributed by atoms with E-state index in [0.717, 1.165) is 55.4 Å². The molecule has 5 nitrogen and oxygen atoms in total. The quantitative estimate of drug-likeness (QED) is 0.175. The second-order valence-electron chi connectivity index (χ2n) is 16.0. The standard InChI is InChI=1S/C54H36N4O/c1-54(2)45-19-11-9-17-39(45)42-31-43-40-18-10-12-20-47(40)58(48(43)32-46(42)54)38-25-21-33(22-26-38)36-24-28-49-44(29-36)41-27-23-37(30-50(41)59-49)53-56-51(34-13-5-3-6-14-34)55-52(57-53)35-15-7-4-8-16-35/h3-32H,1-2H3. The SMILES string of the molecule is CC1(C)c2ccccc2-c2cc3c4ccccc4n(-c4ccc(-c5ccc6oc7cc(-c8nc(-c9ccccc9)nc(-c9ccccc9)n8)ccc7c6c5)cc4)c3cc21. The van der Waals surface area contributed by atoms with Crippen LogP contribution in [0, 0.1) is 0 Å². The van der Waals surface area contributed by atoms with E-state index in [2.05, 4.69) is 134 Å². The fourth-order valence-corrected chi connectivity index (χ4v) is 9.28. The van der Waals surface area contributed by atoms with Gasteiger partial charge in [0.1, 0.15) is 11.2 Å². The Hall–Kier alpha value is -7.63. The summed E-state index contributed by atoms with van der Waals surface area (Å²) >= 11 is 0. The van der Waals surface area contributed by atoms with Crippen molar-refractivity contribution in [3.8, 4) is 62.1 Å². The Labute approximate surface area is 340 Å². The van der Waals surface area contributed by atoms with E-state index < -0.39 is 0 Å². The molecule has 5 heteroatoms. The summed E-state index contributed by atoms with van der Waals surface area (Å²) in [4.78, 5) is 14.7. The number of rotatable bonds is 5. The molecule has 0 saturated heterocycles. The van der Waals surface area contributed by atoms with Crippen LogP contribution in [0.3, 0.4) is 0 Å². The second kappa shape index (κ2) is 12.7. The predicted octanol–water partition coefficient (Wildman–Crippen LogP) is 13.8. The first-order valence-electron chi connectivity index (χ1n) is 20.1. The molecule has 3 heterocycles. The molecule has 0 fully saturated rings. The van der Waals surface area contributed by atoms with Gasteiger partial charge in [0.25, 0.3) is 0 Å². The molecule has 278 valence electrons. The molecule has 0 radical (unpaired) electrons. The van der Waals surface area contributed by atoms with E-state index >= 15 is 0 Å². The third-order valence-electron chi connectivity index (χ3n) is 12.3. The highest BCUT2D eigenvalue weighted by atomic mass is 16.3. The van der Waals surface area contributed by atoms with E-state index in [-0.39, 0.29) is 5.41 Å². The fourth-order valence-electron chi connectivity index (χ4n) is 9.28. The van der Waals surface area contributed by atoms with Gasteiger partial charge in [-0.05, 0) is 88.0 Å². The lowest BCUT2D eigenvalue weighted by atomic mass is 9.82. The van der Waals surface area contributed by atoms with Gasteiger partial charge in [-0.1, -0.05) is 141 Å². The maximum Gasteiger partial charge on any atom is 0.164 e. The van der Waals surface area contributed by atoms with Crippen LogP contribution < -0.4 is 0 Å². The van der Waals surface area contributed by atoms with Crippen LogP contribution >= 0.6 is 0 Å². The molecule has 0 atom stereocenters. The van der Waals surface area contributed by atoms with Gasteiger partial charge < -0.3 is 8.98 Å². The lowest BCUT2D eigenvalue weighted by molar-refractivity contribution is 0.661. The first kappa shape index (κ1) is 33.5. The molecule has 0 N–H and O–H groups in total. The van der Waals surface area contributed by atoms with Crippen LogP contribution in [-0.2, 0) is 5.41 Å². The third-order valence-corrected chi connectivity index (χ3v) is 12.3. The number of hydrogen-bond acceptors (Lipinski definition) is 4. The molecule has 0 saturated carbocycles.